The van der Waals surface area contributed by atoms with Gasteiger partial charge in [0.15, 0.2) is 0 Å². The minimum atomic E-state index is -0.325. The van der Waals surface area contributed by atoms with Crippen LogP contribution in [0, 0.1) is 11.7 Å². The molecule has 30 heavy (non-hydrogen) atoms. The van der Waals surface area contributed by atoms with Gasteiger partial charge in [0, 0.05) is 23.2 Å². The molecule has 0 aromatic heterocycles. The van der Waals surface area contributed by atoms with Gasteiger partial charge in [-0.1, -0.05) is 36.6 Å². The van der Waals surface area contributed by atoms with Crippen molar-refractivity contribution in [2.24, 2.45) is 5.92 Å². The lowest BCUT2D eigenvalue weighted by molar-refractivity contribution is -0.131. The van der Waals surface area contributed by atoms with E-state index in [-0.39, 0.29) is 35.8 Å². The molecule has 1 heterocycles. The number of hydrogen-bond acceptors (Lipinski definition) is 3. The Balaban J connectivity index is 1.53. The summed E-state index contributed by atoms with van der Waals surface area (Å²) >= 11 is 5.96. The van der Waals surface area contributed by atoms with Crippen molar-refractivity contribution in [2.75, 3.05) is 6.54 Å². The van der Waals surface area contributed by atoms with E-state index in [1.165, 1.54) is 12.1 Å². The van der Waals surface area contributed by atoms with E-state index in [0.29, 0.717) is 23.7 Å². The fourth-order valence-electron chi connectivity index (χ4n) is 4.35. The van der Waals surface area contributed by atoms with E-state index in [1.807, 2.05) is 0 Å². The third-order valence-corrected chi connectivity index (χ3v) is 6.15. The van der Waals surface area contributed by atoms with Crippen molar-refractivity contribution in [3.05, 3.63) is 70.5 Å². The zero-order valence-electron chi connectivity index (χ0n) is 16.6. The Morgan fingerprint density at radius 2 is 1.77 bits per heavy atom. The summed E-state index contributed by atoms with van der Waals surface area (Å²) in [6.45, 7) is 0.623. The van der Waals surface area contributed by atoms with Crippen LogP contribution in [0.1, 0.15) is 41.6 Å². The van der Waals surface area contributed by atoms with Crippen LogP contribution in [0.3, 0.4) is 0 Å². The molecule has 5 nitrogen and oxygen atoms in total. The lowest BCUT2D eigenvalue weighted by Gasteiger charge is -2.41. The van der Waals surface area contributed by atoms with Gasteiger partial charge in [0.1, 0.15) is 5.82 Å². The summed E-state index contributed by atoms with van der Waals surface area (Å²) in [5.74, 6) is -0.423. The first-order valence-corrected chi connectivity index (χ1v) is 10.7. The number of carbonyl (C=O) groups excluding carboxylic acids is 2. The average molecular weight is 430 g/mol. The SMILES string of the molecule is O=C1NC(CN(Cc2ccc(F)cc2)C(=O)c2ccc(Cl)cc2)NC2CCCCC12. The molecular formula is C23H25ClFN3O2. The molecule has 2 N–H and O–H groups in total. The van der Waals surface area contributed by atoms with Gasteiger partial charge in [0.25, 0.3) is 5.91 Å². The van der Waals surface area contributed by atoms with Crippen LogP contribution in [0.5, 0.6) is 0 Å². The van der Waals surface area contributed by atoms with Crippen molar-refractivity contribution in [3.8, 4) is 0 Å². The predicted octanol–water partition coefficient (Wildman–Crippen LogP) is 3.73. The summed E-state index contributed by atoms with van der Waals surface area (Å²) in [6.07, 6.45) is 3.73. The van der Waals surface area contributed by atoms with Crippen LogP contribution in [0.25, 0.3) is 0 Å². The molecule has 2 aromatic carbocycles. The summed E-state index contributed by atoms with van der Waals surface area (Å²) < 4.78 is 13.3. The van der Waals surface area contributed by atoms with Crippen molar-refractivity contribution in [2.45, 2.75) is 44.4 Å². The summed E-state index contributed by atoms with van der Waals surface area (Å²) in [4.78, 5) is 27.5. The van der Waals surface area contributed by atoms with Gasteiger partial charge >= 0.3 is 0 Å². The van der Waals surface area contributed by atoms with Crippen LogP contribution in [-0.2, 0) is 11.3 Å². The number of fused-ring (bicyclic) bond motifs is 1. The molecule has 3 unspecified atom stereocenters. The zero-order valence-corrected chi connectivity index (χ0v) is 17.4. The molecule has 1 saturated heterocycles. The van der Waals surface area contributed by atoms with Crippen molar-refractivity contribution < 1.29 is 14.0 Å². The second-order valence-electron chi connectivity index (χ2n) is 8.04. The smallest absolute Gasteiger partial charge is 0.254 e. The Morgan fingerprint density at radius 3 is 2.50 bits per heavy atom. The number of nitrogens with zero attached hydrogens (tertiary/aromatic N) is 1. The summed E-state index contributed by atoms with van der Waals surface area (Å²) in [6, 6.07) is 13.0. The molecule has 2 amide bonds. The number of amides is 2. The van der Waals surface area contributed by atoms with Gasteiger partial charge in [-0.05, 0) is 54.8 Å². The quantitative estimate of drug-likeness (QED) is 0.761. The Kier molecular flexibility index (Phi) is 6.35. The second-order valence-corrected chi connectivity index (χ2v) is 8.48. The minimum Gasteiger partial charge on any atom is -0.339 e. The molecule has 2 aromatic rings. The standard InChI is InChI=1S/C23H25ClFN3O2/c24-17-9-7-16(8-10-17)23(30)28(13-15-5-11-18(25)12-6-15)14-21-26-20-4-2-1-3-19(20)22(29)27-21/h5-12,19-21,26H,1-4,13-14H2,(H,27,29). The largest absolute Gasteiger partial charge is 0.339 e. The molecule has 4 rings (SSSR count). The lowest BCUT2D eigenvalue weighted by atomic mass is 9.82. The predicted molar refractivity (Wildman–Crippen MR) is 113 cm³/mol. The maximum absolute atomic E-state index is 13.3. The number of benzene rings is 2. The Bertz CT molecular complexity index is 904. The van der Waals surface area contributed by atoms with Crippen molar-refractivity contribution in [1.82, 2.24) is 15.5 Å². The van der Waals surface area contributed by atoms with Gasteiger partial charge in [-0.3, -0.25) is 14.9 Å². The zero-order chi connectivity index (χ0) is 21.1. The van der Waals surface area contributed by atoms with E-state index < -0.39 is 0 Å². The molecule has 1 aliphatic carbocycles. The Hall–Kier alpha value is -2.44. The number of hydrogen-bond donors (Lipinski definition) is 2. The van der Waals surface area contributed by atoms with Gasteiger partial charge in [-0.2, -0.15) is 0 Å². The Labute approximate surface area is 180 Å². The lowest BCUT2D eigenvalue weighted by Crippen LogP contribution is -2.65. The molecule has 1 saturated carbocycles. The molecule has 3 atom stereocenters. The van der Waals surface area contributed by atoms with E-state index in [2.05, 4.69) is 10.6 Å². The van der Waals surface area contributed by atoms with E-state index in [1.54, 1.807) is 41.3 Å². The van der Waals surface area contributed by atoms with Crippen molar-refractivity contribution in [3.63, 3.8) is 0 Å². The molecule has 1 aliphatic heterocycles. The van der Waals surface area contributed by atoms with Crippen molar-refractivity contribution in [1.29, 1.82) is 0 Å². The highest BCUT2D eigenvalue weighted by Crippen LogP contribution is 2.27. The molecule has 0 spiro atoms. The molecule has 7 heteroatoms. The summed E-state index contributed by atoms with van der Waals surface area (Å²) in [5.41, 5.74) is 1.33. The molecular weight excluding hydrogens is 405 g/mol. The minimum absolute atomic E-state index is 0.00696. The second kappa shape index (κ2) is 9.14. The first-order valence-electron chi connectivity index (χ1n) is 10.4. The highest BCUT2D eigenvalue weighted by atomic mass is 35.5. The van der Waals surface area contributed by atoms with Crippen LogP contribution in [0.2, 0.25) is 5.02 Å². The molecule has 2 fully saturated rings. The summed E-state index contributed by atoms with van der Waals surface area (Å²) in [5, 5.41) is 7.11. The van der Waals surface area contributed by atoms with Crippen LogP contribution in [-0.4, -0.2) is 35.5 Å². The Morgan fingerprint density at radius 1 is 1.07 bits per heavy atom. The third kappa shape index (κ3) is 4.82. The fraction of sp³-hybridized carbons (Fsp3) is 0.391. The van der Waals surface area contributed by atoms with E-state index in [9.17, 15) is 14.0 Å². The molecule has 0 bridgehead atoms. The number of rotatable bonds is 5. The van der Waals surface area contributed by atoms with Gasteiger partial charge in [-0.25, -0.2) is 4.39 Å². The maximum Gasteiger partial charge on any atom is 0.254 e. The first-order chi connectivity index (χ1) is 14.5. The molecule has 158 valence electrons. The monoisotopic (exact) mass is 429 g/mol. The van der Waals surface area contributed by atoms with Gasteiger partial charge in [-0.15, -0.1) is 0 Å². The molecule has 0 radical (unpaired) electrons. The van der Waals surface area contributed by atoms with Crippen molar-refractivity contribution >= 4 is 23.4 Å². The summed E-state index contributed by atoms with van der Waals surface area (Å²) in [7, 11) is 0. The number of carbonyl (C=O) groups is 2. The number of nitrogens with one attached hydrogen (secondary N) is 2. The fourth-order valence-corrected chi connectivity index (χ4v) is 4.47. The topological polar surface area (TPSA) is 61.4 Å². The van der Waals surface area contributed by atoms with Gasteiger partial charge < -0.3 is 10.2 Å². The van der Waals surface area contributed by atoms with E-state index in [4.69, 9.17) is 11.6 Å². The van der Waals surface area contributed by atoms with E-state index in [0.717, 1.165) is 31.2 Å². The van der Waals surface area contributed by atoms with Crippen LogP contribution >= 0.6 is 11.6 Å². The van der Waals surface area contributed by atoms with Gasteiger partial charge in [0.2, 0.25) is 5.91 Å². The van der Waals surface area contributed by atoms with Crippen LogP contribution in [0.15, 0.2) is 48.5 Å². The maximum atomic E-state index is 13.3. The average Bonchev–Trinajstić information content (AvgIpc) is 2.75. The van der Waals surface area contributed by atoms with Crippen LogP contribution in [0.4, 0.5) is 4.39 Å². The van der Waals surface area contributed by atoms with Crippen LogP contribution < -0.4 is 10.6 Å². The highest BCUT2D eigenvalue weighted by molar-refractivity contribution is 6.30. The van der Waals surface area contributed by atoms with Gasteiger partial charge in [0.05, 0.1) is 18.6 Å². The first kappa shape index (κ1) is 20.8. The molecule has 2 aliphatic rings. The van der Waals surface area contributed by atoms with E-state index >= 15 is 0 Å². The third-order valence-electron chi connectivity index (χ3n) is 5.90. The number of halogens is 2. The normalized spacial score (nSPS) is 23.4. The highest BCUT2D eigenvalue weighted by Gasteiger charge is 2.38.